The van der Waals surface area contributed by atoms with Crippen LogP contribution in [-0.4, -0.2) is 29.5 Å². The fourth-order valence-electron chi connectivity index (χ4n) is 2.34. The molecule has 2 N–H and O–H groups in total. The number of hydrogen-bond acceptors (Lipinski definition) is 5. The molecular weight excluding hydrogens is 322 g/mol. The van der Waals surface area contributed by atoms with E-state index in [-0.39, 0.29) is 5.69 Å². The highest BCUT2D eigenvalue weighted by atomic mass is 16.5. The zero-order valence-corrected chi connectivity index (χ0v) is 13.6. The molecule has 0 atom stereocenters. The van der Waals surface area contributed by atoms with Gasteiger partial charge < -0.3 is 19.5 Å². The number of benzene rings is 1. The molecule has 0 saturated heterocycles. The molecule has 3 rings (SSSR count). The summed E-state index contributed by atoms with van der Waals surface area (Å²) in [5.74, 6) is 0.838. The number of carbonyl (C=O) groups excluding carboxylic acids is 1. The Morgan fingerprint density at radius 3 is 2.76 bits per heavy atom. The second-order valence-corrected chi connectivity index (χ2v) is 5.32. The minimum absolute atomic E-state index is 0.0462. The van der Waals surface area contributed by atoms with Gasteiger partial charge in [-0.1, -0.05) is 12.1 Å². The molecule has 0 bridgehead atoms. The van der Waals surface area contributed by atoms with E-state index < -0.39 is 11.6 Å². The van der Waals surface area contributed by atoms with Crippen molar-refractivity contribution in [1.29, 1.82) is 0 Å². The molecule has 0 unspecified atom stereocenters. The number of nitrogens with zero attached hydrogens (tertiary/aromatic N) is 1. The van der Waals surface area contributed by atoms with Crippen LogP contribution in [-0.2, 0) is 6.42 Å². The molecule has 7 heteroatoms. The molecule has 128 valence electrons. The highest BCUT2D eigenvalue weighted by molar-refractivity contribution is 5.92. The Morgan fingerprint density at radius 2 is 2.08 bits per heavy atom. The van der Waals surface area contributed by atoms with Crippen LogP contribution in [0.25, 0.3) is 11.5 Å². The minimum atomic E-state index is -0.603. The van der Waals surface area contributed by atoms with E-state index in [9.17, 15) is 9.59 Å². The monoisotopic (exact) mass is 339 g/mol. The quantitative estimate of drug-likeness (QED) is 0.716. The number of hydrogen-bond donors (Lipinski definition) is 2. The van der Waals surface area contributed by atoms with Crippen LogP contribution in [0.5, 0.6) is 5.75 Å². The standard InChI is InChI=1S/C18H17N3O4/c1-24-13-6-4-12(5-7-13)8-9-19-17(22)15-11-14(20-18(23)21-15)16-3-2-10-25-16/h2-7,10-11H,8-9H2,1H3,(H,19,22)(H,20,21,23). The molecule has 0 saturated carbocycles. The zero-order chi connectivity index (χ0) is 17.6. The Hall–Kier alpha value is -3.35. The molecule has 3 aromatic rings. The minimum Gasteiger partial charge on any atom is -0.497 e. The zero-order valence-electron chi connectivity index (χ0n) is 13.6. The van der Waals surface area contributed by atoms with Crippen LogP contribution < -0.4 is 15.7 Å². The number of aromatic nitrogens is 2. The van der Waals surface area contributed by atoms with Crippen LogP contribution in [0, 0.1) is 0 Å². The van der Waals surface area contributed by atoms with E-state index in [2.05, 4.69) is 15.3 Å². The molecule has 2 heterocycles. The van der Waals surface area contributed by atoms with Gasteiger partial charge >= 0.3 is 5.69 Å². The molecular formula is C18H17N3O4. The van der Waals surface area contributed by atoms with Gasteiger partial charge in [-0.15, -0.1) is 0 Å². The van der Waals surface area contributed by atoms with Crippen molar-refractivity contribution in [2.24, 2.45) is 0 Å². The Bertz CT molecular complexity index is 899. The number of methoxy groups -OCH3 is 1. The maximum absolute atomic E-state index is 12.2. The third kappa shape index (κ3) is 4.14. The van der Waals surface area contributed by atoms with Gasteiger partial charge in [-0.05, 0) is 42.3 Å². The highest BCUT2D eigenvalue weighted by Gasteiger charge is 2.12. The van der Waals surface area contributed by atoms with E-state index in [1.54, 1.807) is 19.2 Å². The summed E-state index contributed by atoms with van der Waals surface area (Å²) >= 11 is 0. The van der Waals surface area contributed by atoms with E-state index in [0.29, 0.717) is 24.4 Å². The van der Waals surface area contributed by atoms with Crippen molar-refractivity contribution in [3.8, 4) is 17.2 Å². The molecule has 0 aliphatic carbocycles. The van der Waals surface area contributed by atoms with E-state index in [4.69, 9.17) is 9.15 Å². The smallest absolute Gasteiger partial charge is 0.346 e. The first-order valence-corrected chi connectivity index (χ1v) is 7.72. The number of nitrogens with one attached hydrogen (secondary N) is 2. The van der Waals surface area contributed by atoms with Crippen LogP contribution in [0.15, 0.2) is 57.9 Å². The molecule has 0 spiro atoms. The first-order chi connectivity index (χ1) is 12.2. The lowest BCUT2D eigenvalue weighted by Crippen LogP contribution is -2.29. The summed E-state index contributed by atoms with van der Waals surface area (Å²) < 4.78 is 10.3. The number of rotatable bonds is 6. The summed E-state index contributed by atoms with van der Waals surface area (Å²) in [6, 6.07) is 12.5. The van der Waals surface area contributed by atoms with Crippen molar-refractivity contribution in [3.63, 3.8) is 0 Å². The number of H-pyrrole nitrogens is 1. The highest BCUT2D eigenvalue weighted by Crippen LogP contribution is 2.16. The fourth-order valence-corrected chi connectivity index (χ4v) is 2.34. The van der Waals surface area contributed by atoms with Gasteiger partial charge in [0, 0.05) is 6.54 Å². The van der Waals surface area contributed by atoms with Gasteiger partial charge in [0.05, 0.1) is 19.1 Å². The summed E-state index contributed by atoms with van der Waals surface area (Å²) in [6.07, 6.45) is 2.15. The van der Waals surface area contributed by atoms with E-state index in [1.165, 1.54) is 12.3 Å². The normalized spacial score (nSPS) is 10.4. The molecule has 0 aliphatic rings. The Balaban J connectivity index is 1.64. The third-order valence-corrected chi connectivity index (χ3v) is 3.62. The Labute approximate surface area is 143 Å². The first kappa shape index (κ1) is 16.5. The van der Waals surface area contributed by atoms with Gasteiger partial charge in [-0.25, -0.2) is 4.79 Å². The number of amides is 1. The molecule has 7 nitrogen and oxygen atoms in total. The second-order valence-electron chi connectivity index (χ2n) is 5.32. The van der Waals surface area contributed by atoms with Crippen LogP contribution in [0.1, 0.15) is 16.1 Å². The number of ether oxygens (including phenoxy) is 1. The number of furan rings is 1. The van der Waals surface area contributed by atoms with Gasteiger partial charge in [0.25, 0.3) is 5.91 Å². The van der Waals surface area contributed by atoms with Crippen LogP contribution >= 0.6 is 0 Å². The van der Waals surface area contributed by atoms with Gasteiger partial charge in [0.1, 0.15) is 17.2 Å². The van der Waals surface area contributed by atoms with Crippen molar-refractivity contribution in [1.82, 2.24) is 15.3 Å². The molecule has 1 aromatic carbocycles. The van der Waals surface area contributed by atoms with Gasteiger partial charge in [0.15, 0.2) is 0 Å². The Morgan fingerprint density at radius 1 is 1.28 bits per heavy atom. The average Bonchev–Trinajstić information content (AvgIpc) is 3.16. The summed E-state index contributed by atoms with van der Waals surface area (Å²) in [4.78, 5) is 30.2. The summed E-state index contributed by atoms with van der Waals surface area (Å²) in [6.45, 7) is 0.426. The largest absolute Gasteiger partial charge is 0.497 e. The third-order valence-electron chi connectivity index (χ3n) is 3.62. The predicted molar refractivity (Wildman–Crippen MR) is 91.6 cm³/mol. The lowest BCUT2D eigenvalue weighted by Gasteiger charge is -2.06. The van der Waals surface area contributed by atoms with E-state index in [0.717, 1.165) is 11.3 Å². The summed E-state index contributed by atoms with van der Waals surface area (Å²) in [5, 5.41) is 2.76. The van der Waals surface area contributed by atoms with Crippen LogP contribution in [0.2, 0.25) is 0 Å². The molecule has 0 radical (unpaired) electrons. The molecule has 0 aliphatic heterocycles. The number of aromatic amines is 1. The SMILES string of the molecule is COc1ccc(CCNC(=O)c2cc(-c3ccco3)[nH]c(=O)n2)cc1. The van der Waals surface area contributed by atoms with Crippen LogP contribution in [0.3, 0.4) is 0 Å². The topological polar surface area (TPSA) is 97.2 Å². The second kappa shape index (κ2) is 7.48. The Kier molecular flexibility index (Phi) is 4.94. The van der Waals surface area contributed by atoms with Crippen molar-refractivity contribution < 1.29 is 13.9 Å². The van der Waals surface area contributed by atoms with E-state index >= 15 is 0 Å². The maximum Gasteiger partial charge on any atom is 0.346 e. The average molecular weight is 339 g/mol. The van der Waals surface area contributed by atoms with Crippen LogP contribution in [0.4, 0.5) is 0 Å². The first-order valence-electron chi connectivity index (χ1n) is 7.72. The van der Waals surface area contributed by atoms with Gasteiger partial charge in [-0.3, -0.25) is 4.79 Å². The lowest BCUT2D eigenvalue weighted by molar-refractivity contribution is 0.0948. The van der Waals surface area contributed by atoms with Crippen molar-refractivity contribution in [3.05, 3.63) is 70.5 Å². The van der Waals surface area contributed by atoms with Crippen molar-refractivity contribution in [2.75, 3.05) is 13.7 Å². The van der Waals surface area contributed by atoms with Gasteiger partial charge in [0.2, 0.25) is 0 Å². The van der Waals surface area contributed by atoms with E-state index in [1.807, 2.05) is 24.3 Å². The van der Waals surface area contributed by atoms with Gasteiger partial charge in [-0.2, -0.15) is 4.98 Å². The fraction of sp³-hybridized carbons (Fsp3) is 0.167. The lowest BCUT2D eigenvalue weighted by atomic mass is 10.1. The molecule has 2 aromatic heterocycles. The van der Waals surface area contributed by atoms with Crippen molar-refractivity contribution >= 4 is 5.91 Å². The summed E-state index contributed by atoms with van der Waals surface area (Å²) in [7, 11) is 1.61. The molecule has 25 heavy (non-hydrogen) atoms. The number of carbonyl (C=O) groups is 1. The predicted octanol–water partition coefficient (Wildman–Crippen LogP) is 2.01. The molecule has 1 amide bonds. The maximum atomic E-state index is 12.2. The summed E-state index contributed by atoms with van der Waals surface area (Å²) in [5.41, 5.74) is 0.917. The van der Waals surface area contributed by atoms with Crippen molar-refractivity contribution in [2.45, 2.75) is 6.42 Å². The molecule has 0 fully saturated rings.